The van der Waals surface area contributed by atoms with Gasteiger partial charge in [-0.15, -0.1) is 0 Å². The normalized spacial score (nSPS) is 31.6. The first-order valence-corrected chi connectivity index (χ1v) is 4.38. The monoisotopic (exact) mass is 203 g/mol. The Bertz CT molecular complexity index is 242. The Morgan fingerprint density at radius 3 is 2.50 bits per heavy atom. The topological polar surface area (TPSA) is 95.9 Å². The van der Waals surface area contributed by atoms with E-state index in [1.165, 1.54) is 0 Å². The van der Waals surface area contributed by atoms with Crippen LogP contribution in [-0.2, 0) is 14.3 Å². The van der Waals surface area contributed by atoms with Crippen LogP contribution in [0, 0.1) is 5.92 Å². The molecule has 0 spiro atoms. The molecule has 0 aliphatic carbocycles. The van der Waals surface area contributed by atoms with Gasteiger partial charge in [0.1, 0.15) is 12.0 Å². The fraction of sp³-hybridized carbons (Fsp3) is 0.750. The van der Waals surface area contributed by atoms with Gasteiger partial charge < -0.3 is 20.3 Å². The summed E-state index contributed by atoms with van der Waals surface area (Å²) in [5, 5.41) is 20.2. The minimum absolute atomic E-state index is 0.266. The zero-order chi connectivity index (χ0) is 10.7. The second kappa shape index (κ2) is 4.39. The van der Waals surface area contributed by atoms with Gasteiger partial charge in [0.2, 0.25) is 0 Å². The van der Waals surface area contributed by atoms with E-state index in [4.69, 9.17) is 14.9 Å². The average Bonchev–Trinajstić information content (AvgIpc) is 2.48. The SMILES string of the molecule is CCO[C@H]1CN[C@@H](C(=O)O)C1C(=O)O. The predicted molar refractivity (Wildman–Crippen MR) is 46.0 cm³/mol. The molecule has 14 heavy (non-hydrogen) atoms. The molecule has 0 aromatic carbocycles. The molecular weight excluding hydrogens is 190 g/mol. The Morgan fingerprint density at radius 1 is 1.43 bits per heavy atom. The zero-order valence-corrected chi connectivity index (χ0v) is 7.77. The Labute approximate surface area is 80.9 Å². The van der Waals surface area contributed by atoms with Crippen molar-refractivity contribution in [3.63, 3.8) is 0 Å². The maximum atomic E-state index is 10.8. The summed E-state index contributed by atoms with van der Waals surface area (Å²) < 4.78 is 5.15. The molecule has 6 heteroatoms. The first kappa shape index (κ1) is 10.9. The third-order valence-electron chi connectivity index (χ3n) is 2.23. The van der Waals surface area contributed by atoms with Crippen LogP contribution in [0.25, 0.3) is 0 Å². The third kappa shape index (κ3) is 2.02. The molecule has 0 amide bonds. The summed E-state index contributed by atoms with van der Waals surface area (Å²) in [4.78, 5) is 21.5. The lowest BCUT2D eigenvalue weighted by atomic mass is 9.99. The van der Waals surface area contributed by atoms with Crippen LogP contribution in [0.5, 0.6) is 0 Å². The van der Waals surface area contributed by atoms with E-state index in [0.717, 1.165) is 0 Å². The highest BCUT2D eigenvalue weighted by Crippen LogP contribution is 2.19. The Kier molecular flexibility index (Phi) is 3.43. The summed E-state index contributed by atoms with van der Waals surface area (Å²) in [5.41, 5.74) is 0. The number of rotatable bonds is 4. The van der Waals surface area contributed by atoms with E-state index in [-0.39, 0.29) is 6.54 Å². The summed E-state index contributed by atoms with van der Waals surface area (Å²) in [6, 6.07) is -1.05. The van der Waals surface area contributed by atoms with Crippen molar-refractivity contribution >= 4 is 11.9 Å². The van der Waals surface area contributed by atoms with E-state index in [9.17, 15) is 9.59 Å². The van der Waals surface area contributed by atoms with E-state index in [1.54, 1.807) is 6.92 Å². The van der Waals surface area contributed by atoms with Gasteiger partial charge in [-0.1, -0.05) is 0 Å². The van der Waals surface area contributed by atoms with E-state index in [1.807, 2.05) is 0 Å². The van der Waals surface area contributed by atoms with E-state index in [0.29, 0.717) is 6.61 Å². The molecule has 0 saturated carbocycles. The van der Waals surface area contributed by atoms with Crippen LogP contribution in [0.4, 0.5) is 0 Å². The minimum atomic E-state index is -1.15. The molecule has 1 aliphatic heterocycles. The lowest BCUT2D eigenvalue weighted by Gasteiger charge is -2.16. The van der Waals surface area contributed by atoms with Gasteiger partial charge >= 0.3 is 11.9 Å². The van der Waals surface area contributed by atoms with Crippen LogP contribution in [0.2, 0.25) is 0 Å². The van der Waals surface area contributed by atoms with Gasteiger partial charge in [-0.3, -0.25) is 9.59 Å². The highest BCUT2D eigenvalue weighted by Gasteiger charge is 2.45. The molecule has 3 atom stereocenters. The third-order valence-corrected chi connectivity index (χ3v) is 2.23. The van der Waals surface area contributed by atoms with Crippen LogP contribution >= 0.6 is 0 Å². The maximum Gasteiger partial charge on any atom is 0.321 e. The average molecular weight is 203 g/mol. The second-order valence-electron chi connectivity index (χ2n) is 3.08. The summed E-state index contributed by atoms with van der Waals surface area (Å²) >= 11 is 0. The number of ether oxygens (including phenoxy) is 1. The van der Waals surface area contributed by atoms with Crippen molar-refractivity contribution in [2.75, 3.05) is 13.2 Å². The molecule has 1 rings (SSSR count). The Hall–Kier alpha value is -1.14. The molecule has 0 aromatic rings. The fourth-order valence-electron chi connectivity index (χ4n) is 1.63. The van der Waals surface area contributed by atoms with Gasteiger partial charge in [-0.25, -0.2) is 0 Å². The zero-order valence-electron chi connectivity index (χ0n) is 7.77. The molecule has 3 N–H and O–H groups in total. The highest BCUT2D eigenvalue weighted by atomic mass is 16.5. The standard InChI is InChI=1S/C8H13NO5/c1-2-14-4-3-9-6(8(12)13)5(4)7(10)11/h4-6,9H,2-3H2,1H3,(H,10,11)(H,12,13)/t4-,5?,6+/m0/s1. The first-order valence-electron chi connectivity index (χ1n) is 4.38. The second-order valence-corrected chi connectivity index (χ2v) is 3.08. The van der Waals surface area contributed by atoms with E-state index < -0.39 is 30.0 Å². The number of hydrogen-bond acceptors (Lipinski definition) is 4. The quantitative estimate of drug-likeness (QED) is 0.550. The summed E-state index contributed by atoms with van der Waals surface area (Å²) in [7, 11) is 0. The molecule has 1 aliphatic rings. The van der Waals surface area contributed by atoms with Crippen molar-refractivity contribution in [3.05, 3.63) is 0 Å². The lowest BCUT2D eigenvalue weighted by molar-refractivity contribution is -0.153. The number of carboxylic acid groups (broad SMARTS) is 2. The lowest BCUT2D eigenvalue weighted by Crippen LogP contribution is -2.40. The summed E-state index contributed by atoms with van der Waals surface area (Å²) in [6.07, 6.45) is -0.557. The number of carbonyl (C=O) groups is 2. The Balaban J connectivity index is 2.74. The van der Waals surface area contributed by atoms with Crippen molar-refractivity contribution in [1.82, 2.24) is 5.32 Å². The number of hydrogen-bond donors (Lipinski definition) is 3. The largest absolute Gasteiger partial charge is 0.481 e. The molecule has 1 saturated heterocycles. The van der Waals surface area contributed by atoms with Crippen molar-refractivity contribution in [2.24, 2.45) is 5.92 Å². The van der Waals surface area contributed by atoms with E-state index >= 15 is 0 Å². The highest BCUT2D eigenvalue weighted by molar-refractivity contribution is 5.84. The smallest absolute Gasteiger partial charge is 0.321 e. The van der Waals surface area contributed by atoms with E-state index in [2.05, 4.69) is 5.32 Å². The first-order chi connectivity index (χ1) is 6.57. The van der Waals surface area contributed by atoms with Crippen LogP contribution < -0.4 is 5.32 Å². The number of carboxylic acids is 2. The molecule has 0 aromatic heterocycles. The van der Waals surface area contributed by atoms with Crippen LogP contribution in [0.1, 0.15) is 6.92 Å². The fourth-order valence-corrected chi connectivity index (χ4v) is 1.63. The van der Waals surface area contributed by atoms with Crippen LogP contribution in [0.3, 0.4) is 0 Å². The molecule has 0 radical (unpaired) electrons. The summed E-state index contributed by atoms with van der Waals surface area (Å²) in [6.45, 7) is 2.39. The molecule has 1 heterocycles. The predicted octanol–water partition coefficient (Wildman–Crippen LogP) is -0.851. The minimum Gasteiger partial charge on any atom is -0.481 e. The molecule has 1 fully saturated rings. The van der Waals surface area contributed by atoms with Gasteiger partial charge in [0.25, 0.3) is 0 Å². The molecular formula is C8H13NO5. The number of nitrogens with one attached hydrogen (secondary N) is 1. The van der Waals surface area contributed by atoms with Crippen molar-refractivity contribution in [3.8, 4) is 0 Å². The van der Waals surface area contributed by atoms with Crippen molar-refractivity contribution in [1.29, 1.82) is 0 Å². The van der Waals surface area contributed by atoms with Crippen LogP contribution in [-0.4, -0.2) is 47.4 Å². The summed E-state index contributed by atoms with van der Waals surface area (Å²) in [5.74, 6) is -3.30. The number of aliphatic carboxylic acids is 2. The maximum absolute atomic E-state index is 10.8. The van der Waals surface area contributed by atoms with Gasteiger partial charge in [0, 0.05) is 13.2 Å². The molecule has 80 valence electrons. The van der Waals surface area contributed by atoms with Crippen LogP contribution in [0.15, 0.2) is 0 Å². The van der Waals surface area contributed by atoms with Crippen molar-refractivity contribution < 1.29 is 24.5 Å². The Morgan fingerprint density at radius 2 is 2.07 bits per heavy atom. The molecule has 1 unspecified atom stereocenters. The van der Waals surface area contributed by atoms with Crippen molar-refractivity contribution in [2.45, 2.75) is 19.1 Å². The molecule has 0 bridgehead atoms. The van der Waals surface area contributed by atoms with Gasteiger partial charge in [-0.2, -0.15) is 0 Å². The molecule has 6 nitrogen and oxygen atoms in total. The van der Waals surface area contributed by atoms with Gasteiger partial charge in [0.15, 0.2) is 0 Å². The van der Waals surface area contributed by atoms with Gasteiger partial charge in [-0.05, 0) is 6.92 Å². The van der Waals surface area contributed by atoms with Gasteiger partial charge in [0.05, 0.1) is 6.10 Å².